The number of halogens is 2. The molecule has 0 aliphatic carbocycles. The third-order valence-corrected chi connectivity index (χ3v) is 3.14. The highest BCUT2D eigenvalue weighted by molar-refractivity contribution is 6.36. The Bertz CT molecular complexity index is 629. The van der Waals surface area contributed by atoms with E-state index in [2.05, 4.69) is 0 Å². The number of benzene rings is 2. The lowest BCUT2D eigenvalue weighted by atomic mass is 10.2. The van der Waals surface area contributed by atoms with Crippen molar-refractivity contribution in [3.8, 4) is 5.75 Å². The van der Waals surface area contributed by atoms with Gasteiger partial charge < -0.3 is 14.6 Å². The molecule has 2 rings (SSSR count). The molecule has 21 heavy (non-hydrogen) atoms. The molecule has 2 aromatic carbocycles. The van der Waals surface area contributed by atoms with Crippen LogP contribution >= 0.6 is 23.2 Å². The van der Waals surface area contributed by atoms with Crippen LogP contribution in [0.4, 0.5) is 0 Å². The first-order chi connectivity index (χ1) is 10.1. The highest BCUT2D eigenvalue weighted by Gasteiger charge is 2.16. The zero-order valence-electron chi connectivity index (χ0n) is 10.9. The van der Waals surface area contributed by atoms with Crippen LogP contribution < -0.4 is 4.74 Å². The Labute approximate surface area is 131 Å². The zero-order valence-corrected chi connectivity index (χ0v) is 12.4. The second kappa shape index (κ2) is 7.31. The smallest absolute Gasteiger partial charge is 0.339 e. The van der Waals surface area contributed by atoms with E-state index < -0.39 is 5.97 Å². The molecule has 0 unspecified atom stereocenters. The second-order valence-corrected chi connectivity index (χ2v) is 5.01. The molecule has 0 spiro atoms. The lowest BCUT2D eigenvalue weighted by Gasteiger charge is -2.11. The summed E-state index contributed by atoms with van der Waals surface area (Å²) < 4.78 is 10.6. The number of carbonyl (C=O) groups is 1. The Hall–Kier alpha value is -1.75. The molecule has 4 nitrogen and oxygen atoms in total. The van der Waals surface area contributed by atoms with Crippen LogP contribution in [0.1, 0.15) is 15.9 Å². The highest BCUT2D eigenvalue weighted by atomic mass is 35.5. The third kappa shape index (κ3) is 4.36. The van der Waals surface area contributed by atoms with Crippen LogP contribution in [0.5, 0.6) is 5.75 Å². The minimum absolute atomic E-state index is 0.0432. The van der Waals surface area contributed by atoms with Gasteiger partial charge in [0.2, 0.25) is 0 Å². The molecule has 0 saturated carbocycles. The molecular weight excluding hydrogens is 315 g/mol. The Morgan fingerprint density at radius 1 is 1.14 bits per heavy atom. The number of aromatic carboxylic acids is 1. The summed E-state index contributed by atoms with van der Waals surface area (Å²) in [5, 5.41) is 9.47. The van der Waals surface area contributed by atoms with Crippen LogP contribution in [0.25, 0.3) is 0 Å². The van der Waals surface area contributed by atoms with E-state index in [9.17, 15) is 4.79 Å². The van der Waals surface area contributed by atoms with E-state index in [4.69, 9.17) is 37.8 Å². The molecule has 1 N–H and O–H groups in total. The summed E-state index contributed by atoms with van der Waals surface area (Å²) in [4.78, 5) is 11.1. The minimum atomic E-state index is -1.17. The van der Waals surface area contributed by atoms with E-state index >= 15 is 0 Å². The van der Waals surface area contributed by atoms with Gasteiger partial charge in [0.25, 0.3) is 0 Å². The molecule has 0 fully saturated rings. The van der Waals surface area contributed by atoms with Crippen LogP contribution in [0, 0.1) is 0 Å². The van der Waals surface area contributed by atoms with Crippen molar-refractivity contribution in [2.45, 2.75) is 6.61 Å². The maximum Gasteiger partial charge on any atom is 0.339 e. The highest BCUT2D eigenvalue weighted by Crippen LogP contribution is 2.32. The van der Waals surface area contributed by atoms with Crippen molar-refractivity contribution >= 4 is 29.2 Å². The number of ether oxygens (including phenoxy) is 2. The molecule has 2 aromatic rings. The Morgan fingerprint density at radius 2 is 1.86 bits per heavy atom. The minimum Gasteiger partial charge on any atom is -0.478 e. The normalized spacial score (nSPS) is 10.4. The zero-order chi connectivity index (χ0) is 15.2. The maximum atomic E-state index is 11.1. The summed E-state index contributed by atoms with van der Waals surface area (Å²) in [7, 11) is 0. The first-order valence-electron chi connectivity index (χ1n) is 6.04. The lowest BCUT2D eigenvalue weighted by molar-refractivity contribution is 0.00437. The number of carboxylic acids is 1. The van der Waals surface area contributed by atoms with Crippen molar-refractivity contribution in [2.75, 3.05) is 6.79 Å². The van der Waals surface area contributed by atoms with Crippen molar-refractivity contribution in [3.63, 3.8) is 0 Å². The van der Waals surface area contributed by atoms with Crippen LogP contribution in [0.2, 0.25) is 10.0 Å². The first kappa shape index (κ1) is 15.6. The standard InChI is InChI=1S/C15H12Cl2O4/c16-11-6-12(15(18)19)14(13(17)7-11)21-9-20-8-10-4-2-1-3-5-10/h1-7H,8-9H2,(H,18,19). The Balaban J connectivity index is 1.98. The summed E-state index contributed by atoms with van der Waals surface area (Å²) in [5.74, 6) is -1.13. The van der Waals surface area contributed by atoms with E-state index in [1.165, 1.54) is 12.1 Å². The Kier molecular flexibility index (Phi) is 5.44. The van der Waals surface area contributed by atoms with Crippen molar-refractivity contribution in [3.05, 3.63) is 63.6 Å². The fraction of sp³-hybridized carbons (Fsp3) is 0.133. The van der Waals surface area contributed by atoms with Crippen molar-refractivity contribution < 1.29 is 19.4 Å². The second-order valence-electron chi connectivity index (χ2n) is 4.17. The molecule has 0 aliphatic rings. The predicted molar refractivity (Wildman–Crippen MR) is 80.1 cm³/mol. The van der Waals surface area contributed by atoms with Gasteiger partial charge in [-0.15, -0.1) is 0 Å². The quantitative estimate of drug-likeness (QED) is 0.637. The molecule has 0 saturated heterocycles. The van der Waals surface area contributed by atoms with Gasteiger partial charge in [-0.05, 0) is 17.7 Å². The number of hydrogen-bond donors (Lipinski definition) is 1. The topological polar surface area (TPSA) is 55.8 Å². The molecule has 0 heterocycles. The number of rotatable bonds is 6. The fourth-order valence-corrected chi connectivity index (χ4v) is 2.25. The molecule has 0 aliphatic heterocycles. The van der Waals surface area contributed by atoms with E-state index in [0.29, 0.717) is 6.61 Å². The molecular formula is C15H12Cl2O4. The molecule has 0 aromatic heterocycles. The fourth-order valence-electron chi connectivity index (χ4n) is 1.70. The van der Waals surface area contributed by atoms with Crippen molar-refractivity contribution in [1.29, 1.82) is 0 Å². The van der Waals surface area contributed by atoms with Crippen LogP contribution in [0.3, 0.4) is 0 Å². The van der Waals surface area contributed by atoms with E-state index in [1.54, 1.807) is 0 Å². The monoisotopic (exact) mass is 326 g/mol. The van der Waals surface area contributed by atoms with Crippen LogP contribution in [0.15, 0.2) is 42.5 Å². The lowest BCUT2D eigenvalue weighted by Crippen LogP contribution is -2.08. The number of carboxylic acid groups (broad SMARTS) is 1. The molecule has 6 heteroatoms. The van der Waals surface area contributed by atoms with Gasteiger partial charge in [-0.25, -0.2) is 4.79 Å². The maximum absolute atomic E-state index is 11.1. The van der Waals surface area contributed by atoms with Crippen LogP contribution in [-0.2, 0) is 11.3 Å². The average molecular weight is 327 g/mol. The summed E-state index contributed by atoms with van der Waals surface area (Å²) in [6, 6.07) is 12.2. The predicted octanol–water partition coefficient (Wildman–Crippen LogP) is 4.24. The SMILES string of the molecule is O=C(O)c1cc(Cl)cc(Cl)c1OCOCc1ccccc1. The summed E-state index contributed by atoms with van der Waals surface area (Å²) >= 11 is 11.7. The molecule has 0 atom stereocenters. The summed E-state index contributed by atoms with van der Waals surface area (Å²) in [5.41, 5.74) is 0.887. The van der Waals surface area contributed by atoms with Gasteiger partial charge >= 0.3 is 5.97 Å². The van der Waals surface area contributed by atoms with Gasteiger partial charge in [0, 0.05) is 5.02 Å². The first-order valence-corrected chi connectivity index (χ1v) is 6.80. The number of hydrogen-bond acceptors (Lipinski definition) is 3. The Morgan fingerprint density at radius 3 is 2.52 bits per heavy atom. The summed E-state index contributed by atoms with van der Waals surface area (Å²) in [6.45, 7) is 0.241. The van der Waals surface area contributed by atoms with E-state index in [1.807, 2.05) is 30.3 Å². The summed E-state index contributed by atoms with van der Waals surface area (Å²) in [6.07, 6.45) is 0. The van der Waals surface area contributed by atoms with E-state index in [0.717, 1.165) is 5.56 Å². The van der Waals surface area contributed by atoms with Gasteiger partial charge in [0.05, 0.1) is 11.6 Å². The third-order valence-electron chi connectivity index (χ3n) is 2.64. The van der Waals surface area contributed by atoms with Crippen molar-refractivity contribution in [2.24, 2.45) is 0 Å². The molecule has 110 valence electrons. The molecule has 0 radical (unpaired) electrons. The van der Waals surface area contributed by atoms with Gasteiger partial charge in [-0.1, -0.05) is 53.5 Å². The largest absolute Gasteiger partial charge is 0.478 e. The van der Waals surface area contributed by atoms with Gasteiger partial charge in [-0.3, -0.25) is 0 Å². The van der Waals surface area contributed by atoms with Gasteiger partial charge in [0.1, 0.15) is 5.56 Å². The van der Waals surface area contributed by atoms with Crippen LogP contribution in [-0.4, -0.2) is 17.9 Å². The molecule has 0 bridgehead atoms. The average Bonchev–Trinajstić information content (AvgIpc) is 2.45. The van der Waals surface area contributed by atoms with E-state index in [-0.39, 0.29) is 28.2 Å². The molecule has 0 amide bonds. The van der Waals surface area contributed by atoms with Crippen molar-refractivity contribution in [1.82, 2.24) is 0 Å². The van der Waals surface area contributed by atoms with Gasteiger partial charge in [-0.2, -0.15) is 0 Å². The van der Waals surface area contributed by atoms with Gasteiger partial charge in [0.15, 0.2) is 12.5 Å².